The largest absolute Gasteiger partial charge is 0.352 e. The number of carbonyl (C=O) groups excluding carboxylic acids is 1. The zero-order valence-electron chi connectivity index (χ0n) is 15.4. The highest BCUT2D eigenvalue weighted by Gasteiger charge is 2.23. The van der Waals surface area contributed by atoms with Gasteiger partial charge >= 0.3 is 0 Å². The van der Waals surface area contributed by atoms with Crippen molar-refractivity contribution in [2.45, 2.75) is 20.3 Å². The molecule has 1 aliphatic rings. The van der Waals surface area contributed by atoms with Crippen molar-refractivity contribution in [2.75, 3.05) is 31.1 Å². The summed E-state index contributed by atoms with van der Waals surface area (Å²) in [5.74, 6) is 1.22. The second kappa shape index (κ2) is 6.94. The lowest BCUT2D eigenvalue weighted by Crippen LogP contribution is -2.49. The SMILES string of the molecule is Cc1cccc(F)c1CC(=O)N1CCN(c2ccc3nnc(C)n3n2)CC1. The first-order valence-electron chi connectivity index (χ1n) is 8.99. The summed E-state index contributed by atoms with van der Waals surface area (Å²) in [7, 11) is 0. The lowest BCUT2D eigenvalue weighted by Gasteiger charge is -2.35. The van der Waals surface area contributed by atoms with Crippen molar-refractivity contribution in [3.05, 3.63) is 53.1 Å². The molecule has 0 radical (unpaired) electrons. The maximum atomic E-state index is 14.0. The number of fused-ring (bicyclic) bond motifs is 1. The number of carbonyl (C=O) groups is 1. The quantitative estimate of drug-likeness (QED) is 0.705. The highest BCUT2D eigenvalue weighted by molar-refractivity contribution is 5.79. The molecule has 0 bridgehead atoms. The second-order valence-corrected chi connectivity index (χ2v) is 6.79. The lowest BCUT2D eigenvalue weighted by atomic mass is 10.0. The summed E-state index contributed by atoms with van der Waals surface area (Å²) in [6.07, 6.45) is 0.0998. The number of nitrogens with zero attached hydrogens (tertiary/aromatic N) is 6. The molecule has 0 spiro atoms. The van der Waals surface area contributed by atoms with Crippen molar-refractivity contribution in [1.29, 1.82) is 0 Å². The van der Waals surface area contributed by atoms with Gasteiger partial charge in [0.2, 0.25) is 5.91 Å². The molecule has 0 atom stereocenters. The average Bonchev–Trinajstić information content (AvgIpc) is 3.05. The minimum Gasteiger partial charge on any atom is -0.352 e. The second-order valence-electron chi connectivity index (χ2n) is 6.79. The van der Waals surface area contributed by atoms with Crippen LogP contribution in [0.25, 0.3) is 5.65 Å². The summed E-state index contributed by atoms with van der Waals surface area (Å²) in [6.45, 7) is 6.24. The van der Waals surface area contributed by atoms with Crippen LogP contribution in [0.1, 0.15) is 17.0 Å². The molecule has 4 rings (SSSR count). The number of anilines is 1. The molecule has 0 N–H and O–H groups in total. The Labute approximate surface area is 156 Å². The van der Waals surface area contributed by atoms with Gasteiger partial charge in [-0.05, 0) is 37.6 Å². The van der Waals surface area contributed by atoms with Gasteiger partial charge in [-0.25, -0.2) is 4.39 Å². The molecule has 1 saturated heterocycles. The Bertz CT molecular complexity index is 973. The Morgan fingerprint density at radius 3 is 2.59 bits per heavy atom. The van der Waals surface area contributed by atoms with Crippen molar-refractivity contribution < 1.29 is 9.18 Å². The first kappa shape index (κ1) is 17.4. The molecule has 3 aromatic rings. The number of aromatic nitrogens is 4. The predicted octanol–water partition coefficient (Wildman–Crippen LogP) is 1.77. The third kappa shape index (κ3) is 3.34. The van der Waals surface area contributed by atoms with Crippen LogP contribution in [0.15, 0.2) is 30.3 Å². The van der Waals surface area contributed by atoms with Gasteiger partial charge in [0.15, 0.2) is 11.5 Å². The standard InChI is InChI=1S/C19H21FN6O/c1-13-4-3-5-16(20)15(13)12-19(27)25-10-8-24(9-11-25)18-7-6-17-22-21-14(2)26(17)23-18/h3-7H,8-12H2,1-2H3. The molecule has 1 fully saturated rings. The molecule has 8 heteroatoms. The molecule has 0 saturated carbocycles. The van der Waals surface area contributed by atoms with E-state index in [1.807, 2.05) is 32.0 Å². The molecule has 1 aliphatic heterocycles. The Morgan fingerprint density at radius 1 is 1.07 bits per heavy atom. The van der Waals surface area contributed by atoms with Crippen LogP contribution in [-0.2, 0) is 11.2 Å². The van der Waals surface area contributed by atoms with Crippen LogP contribution < -0.4 is 4.90 Å². The van der Waals surface area contributed by atoms with E-state index in [2.05, 4.69) is 20.2 Å². The van der Waals surface area contributed by atoms with Gasteiger partial charge in [-0.1, -0.05) is 12.1 Å². The average molecular weight is 368 g/mol. The van der Waals surface area contributed by atoms with E-state index < -0.39 is 0 Å². The molecule has 1 amide bonds. The monoisotopic (exact) mass is 368 g/mol. The molecule has 1 aromatic carbocycles. The van der Waals surface area contributed by atoms with Gasteiger partial charge in [-0.3, -0.25) is 4.79 Å². The Balaban J connectivity index is 1.42. The van der Waals surface area contributed by atoms with Crippen molar-refractivity contribution >= 4 is 17.4 Å². The zero-order chi connectivity index (χ0) is 19.0. The van der Waals surface area contributed by atoms with Gasteiger partial charge in [0.25, 0.3) is 0 Å². The number of rotatable bonds is 3. The van der Waals surface area contributed by atoms with Gasteiger partial charge in [-0.2, -0.15) is 4.52 Å². The molecule has 0 unspecified atom stereocenters. The van der Waals surface area contributed by atoms with Crippen molar-refractivity contribution in [1.82, 2.24) is 24.7 Å². The normalized spacial score (nSPS) is 14.8. The number of halogens is 1. The molecule has 7 nitrogen and oxygen atoms in total. The van der Waals surface area contributed by atoms with Gasteiger partial charge in [0, 0.05) is 31.7 Å². The van der Waals surface area contributed by atoms with E-state index in [9.17, 15) is 9.18 Å². The van der Waals surface area contributed by atoms with E-state index in [0.717, 1.165) is 17.2 Å². The fourth-order valence-electron chi connectivity index (χ4n) is 3.39. The van der Waals surface area contributed by atoms with Gasteiger partial charge in [0.05, 0.1) is 6.42 Å². The Kier molecular flexibility index (Phi) is 4.47. The first-order valence-corrected chi connectivity index (χ1v) is 8.99. The number of piperazine rings is 1. The van der Waals surface area contributed by atoms with Crippen LogP contribution in [0.5, 0.6) is 0 Å². The van der Waals surface area contributed by atoms with Gasteiger partial charge in [0.1, 0.15) is 11.6 Å². The topological polar surface area (TPSA) is 66.6 Å². The zero-order valence-corrected chi connectivity index (χ0v) is 15.4. The molecule has 2 aromatic heterocycles. The maximum absolute atomic E-state index is 14.0. The number of hydrogen-bond donors (Lipinski definition) is 0. The maximum Gasteiger partial charge on any atom is 0.227 e. The highest BCUT2D eigenvalue weighted by Crippen LogP contribution is 2.17. The van der Waals surface area contributed by atoms with E-state index in [0.29, 0.717) is 37.4 Å². The molecule has 27 heavy (non-hydrogen) atoms. The van der Waals surface area contributed by atoms with E-state index in [1.54, 1.807) is 15.5 Å². The lowest BCUT2D eigenvalue weighted by molar-refractivity contribution is -0.130. The third-order valence-corrected chi connectivity index (χ3v) is 5.04. The number of hydrogen-bond acceptors (Lipinski definition) is 5. The third-order valence-electron chi connectivity index (χ3n) is 5.04. The summed E-state index contributed by atoms with van der Waals surface area (Å²) >= 11 is 0. The summed E-state index contributed by atoms with van der Waals surface area (Å²) in [6, 6.07) is 8.71. The molecule has 0 aliphatic carbocycles. The van der Waals surface area contributed by atoms with Crippen LogP contribution in [0.2, 0.25) is 0 Å². The minimum atomic E-state index is -0.316. The van der Waals surface area contributed by atoms with E-state index >= 15 is 0 Å². The minimum absolute atomic E-state index is 0.0408. The summed E-state index contributed by atoms with van der Waals surface area (Å²) in [5.41, 5.74) is 2.01. The van der Waals surface area contributed by atoms with Crippen LogP contribution in [0.4, 0.5) is 10.2 Å². The molecular formula is C19H21FN6O. The highest BCUT2D eigenvalue weighted by atomic mass is 19.1. The molecule has 140 valence electrons. The van der Waals surface area contributed by atoms with Gasteiger partial charge < -0.3 is 9.80 Å². The van der Waals surface area contributed by atoms with Crippen molar-refractivity contribution in [2.24, 2.45) is 0 Å². The van der Waals surface area contributed by atoms with Crippen LogP contribution >= 0.6 is 0 Å². The van der Waals surface area contributed by atoms with E-state index in [1.165, 1.54) is 6.07 Å². The van der Waals surface area contributed by atoms with E-state index in [-0.39, 0.29) is 18.1 Å². The Hall–Kier alpha value is -3.03. The summed E-state index contributed by atoms with van der Waals surface area (Å²) in [5, 5.41) is 12.6. The predicted molar refractivity (Wildman–Crippen MR) is 99.2 cm³/mol. The smallest absolute Gasteiger partial charge is 0.227 e. The van der Waals surface area contributed by atoms with Crippen LogP contribution in [-0.4, -0.2) is 56.8 Å². The van der Waals surface area contributed by atoms with Crippen LogP contribution in [0.3, 0.4) is 0 Å². The first-order chi connectivity index (χ1) is 13.0. The molecule has 3 heterocycles. The molecular weight excluding hydrogens is 347 g/mol. The van der Waals surface area contributed by atoms with Gasteiger partial charge in [-0.15, -0.1) is 15.3 Å². The number of benzene rings is 1. The number of aryl methyl sites for hydroxylation is 2. The van der Waals surface area contributed by atoms with E-state index in [4.69, 9.17) is 0 Å². The number of amides is 1. The fourth-order valence-corrected chi connectivity index (χ4v) is 3.39. The summed E-state index contributed by atoms with van der Waals surface area (Å²) in [4.78, 5) is 16.5. The fraction of sp³-hybridized carbons (Fsp3) is 0.368. The summed E-state index contributed by atoms with van der Waals surface area (Å²) < 4.78 is 15.7. The van der Waals surface area contributed by atoms with Crippen molar-refractivity contribution in [3.8, 4) is 0 Å². The van der Waals surface area contributed by atoms with Crippen molar-refractivity contribution in [3.63, 3.8) is 0 Å². The van der Waals surface area contributed by atoms with Crippen LogP contribution in [0, 0.1) is 19.7 Å². The Morgan fingerprint density at radius 2 is 1.85 bits per heavy atom.